The summed E-state index contributed by atoms with van der Waals surface area (Å²) in [5.74, 6) is -0.368. The number of aromatic nitrogens is 1. The van der Waals surface area contributed by atoms with Crippen molar-refractivity contribution in [3.05, 3.63) is 51.5 Å². The second-order valence-electron chi connectivity index (χ2n) is 6.81. The number of carbonyl (C=O) groups is 1. The van der Waals surface area contributed by atoms with Crippen molar-refractivity contribution in [2.75, 3.05) is 20.2 Å². The van der Waals surface area contributed by atoms with Crippen LogP contribution in [-0.4, -0.2) is 36.1 Å². The second-order valence-corrected chi connectivity index (χ2v) is 7.67. The summed E-state index contributed by atoms with van der Waals surface area (Å²) in [4.78, 5) is 18.9. The first-order valence-corrected chi connectivity index (χ1v) is 9.60. The van der Waals surface area contributed by atoms with E-state index in [1.807, 2.05) is 7.05 Å². The summed E-state index contributed by atoms with van der Waals surface area (Å²) < 4.78 is 44.0. The number of alkyl halides is 3. The topological polar surface area (TPSA) is 42.4 Å². The van der Waals surface area contributed by atoms with Crippen LogP contribution >= 0.6 is 11.3 Å². The van der Waals surface area contributed by atoms with Gasteiger partial charge in [-0.2, -0.15) is 13.2 Å². The van der Waals surface area contributed by atoms with Crippen LogP contribution in [0.2, 0.25) is 0 Å². The maximum Gasteiger partial charge on any atom is 0.416 e. The van der Waals surface area contributed by atoms with Gasteiger partial charge >= 0.3 is 12.1 Å². The van der Waals surface area contributed by atoms with E-state index in [1.165, 1.54) is 23.5 Å². The fraction of sp³-hybridized carbons (Fsp3) is 0.474. The van der Waals surface area contributed by atoms with E-state index >= 15 is 0 Å². The molecule has 3 rings (SSSR count). The summed E-state index contributed by atoms with van der Waals surface area (Å²) in [5.41, 5.74) is 2.39. The molecule has 0 radical (unpaired) electrons. The molecule has 8 heteroatoms. The number of piperidine rings is 1. The molecule has 27 heavy (non-hydrogen) atoms. The van der Waals surface area contributed by atoms with Crippen LogP contribution in [0.25, 0.3) is 0 Å². The SMILES string of the molecule is Cc1ncsc1C(=O)OC[C@@H]1CCCN(C)[C@@H]1c1ccc(C(F)(F)F)cc1. The lowest BCUT2D eigenvalue weighted by Gasteiger charge is -2.39. The first-order valence-electron chi connectivity index (χ1n) is 8.72. The minimum atomic E-state index is -4.35. The molecule has 1 aliphatic rings. The fourth-order valence-corrected chi connectivity index (χ4v) is 4.27. The molecule has 2 heterocycles. The van der Waals surface area contributed by atoms with Crippen LogP contribution in [0.1, 0.15) is 45.4 Å². The van der Waals surface area contributed by atoms with Gasteiger partial charge in [-0.05, 0) is 51.1 Å². The second kappa shape index (κ2) is 7.98. The van der Waals surface area contributed by atoms with Crippen LogP contribution in [0, 0.1) is 12.8 Å². The molecular formula is C19H21F3N2O2S. The van der Waals surface area contributed by atoms with E-state index in [4.69, 9.17) is 4.74 Å². The van der Waals surface area contributed by atoms with Crippen molar-refractivity contribution in [1.82, 2.24) is 9.88 Å². The monoisotopic (exact) mass is 398 g/mol. The Balaban J connectivity index is 1.73. The molecule has 2 atom stereocenters. The van der Waals surface area contributed by atoms with Gasteiger partial charge in [0.25, 0.3) is 0 Å². The van der Waals surface area contributed by atoms with Crippen LogP contribution in [0.4, 0.5) is 13.2 Å². The van der Waals surface area contributed by atoms with E-state index in [-0.39, 0.29) is 18.6 Å². The van der Waals surface area contributed by atoms with Gasteiger partial charge in [0, 0.05) is 12.0 Å². The maximum absolute atomic E-state index is 12.8. The Bertz CT molecular complexity index is 789. The minimum absolute atomic E-state index is 0.0256. The molecule has 0 spiro atoms. The number of hydrogen-bond acceptors (Lipinski definition) is 5. The molecule has 1 fully saturated rings. The van der Waals surface area contributed by atoms with Crippen molar-refractivity contribution >= 4 is 17.3 Å². The van der Waals surface area contributed by atoms with Gasteiger partial charge in [0.15, 0.2) is 0 Å². The average Bonchev–Trinajstić information content (AvgIpc) is 3.05. The van der Waals surface area contributed by atoms with Crippen LogP contribution in [0.3, 0.4) is 0 Å². The van der Waals surface area contributed by atoms with Crippen LogP contribution in [0.15, 0.2) is 29.8 Å². The zero-order valence-electron chi connectivity index (χ0n) is 15.1. The first kappa shape index (κ1) is 19.8. The Kier molecular flexibility index (Phi) is 5.86. The molecule has 0 N–H and O–H groups in total. The highest BCUT2D eigenvalue weighted by atomic mass is 32.1. The van der Waals surface area contributed by atoms with E-state index in [1.54, 1.807) is 12.4 Å². The number of nitrogens with zero attached hydrogens (tertiary/aromatic N) is 2. The zero-order chi connectivity index (χ0) is 19.6. The first-order chi connectivity index (χ1) is 12.8. The van der Waals surface area contributed by atoms with Crippen LogP contribution < -0.4 is 0 Å². The summed E-state index contributed by atoms with van der Waals surface area (Å²) in [6.07, 6.45) is -2.54. The molecule has 1 aliphatic heterocycles. The van der Waals surface area contributed by atoms with Gasteiger partial charge in [0.2, 0.25) is 0 Å². The Morgan fingerprint density at radius 1 is 1.33 bits per heavy atom. The summed E-state index contributed by atoms with van der Waals surface area (Å²) in [6, 6.07) is 5.19. The summed E-state index contributed by atoms with van der Waals surface area (Å²) in [7, 11) is 1.95. The number of likely N-dealkylation sites (tertiary alicyclic amines) is 1. The molecule has 0 bridgehead atoms. The molecule has 1 saturated heterocycles. The van der Waals surface area contributed by atoms with Crippen molar-refractivity contribution in [2.24, 2.45) is 5.92 Å². The Morgan fingerprint density at radius 3 is 2.63 bits per heavy atom. The third-order valence-electron chi connectivity index (χ3n) is 4.95. The third kappa shape index (κ3) is 4.50. The molecule has 0 amide bonds. The lowest BCUT2D eigenvalue weighted by atomic mass is 9.85. The number of carbonyl (C=O) groups excluding carboxylic acids is 1. The van der Waals surface area contributed by atoms with E-state index in [0.717, 1.165) is 37.1 Å². The Hall–Kier alpha value is -1.93. The molecule has 0 saturated carbocycles. The van der Waals surface area contributed by atoms with Crippen molar-refractivity contribution in [3.8, 4) is 0 Å². The molecular weight excluding hydrogens is 377 g/mol. The molecule has 1 aromatic carbocycles. The largest absolute Gasteiger partial charge is 0.461 e. The normalized spacial score (nSPS) is 21.2. The van der Waals surface area contributed by atoms with E-state index in [9.17, 15) is 18.0 Å². The van der Waals surface area contributed by atoms with Crippen molar-refractivity contribution in [2.45, 2.75) is 32.0 Å². The number of ether oxygens (including phenoxy) is 1. The number of aryl methyl sites for hydroxylation is 1. The third-order valence-corrected chi connectivity index (χ3v) is 5.85. The predicted octanol–water partition coefficient (Wildman–Crippen LogP) is 4.71. The Labute approximate surface area is 160 Å². The van der Waals surface area contributed by atoms with Gasteiger partial charge in [-0.25, -0.2) is 9.78 Å². The van der Waals surface area contributed by atoms with E-state index in [2.05, 4.69) is 9.88 Å². The predicted molar refractivity (Wildman–Crippen MR) is 96.7 cm³/mol. The quantitative estimate of drug-likeness (QED) is 0.700. The minimum Gasteiger partial charge on any atom is -0.461 e. The lowest BCUT2D eigenvalue weighted by molar-refractivity contribution is -0.137. The van der Waals surface area contributed by atoms with Crippen LogP contribution in [0.5, 0.6) is 0 Å². The highest BCUT2D eigenvalue weighted by Gasteiger charge is 2.34. The summed E-state index contributed by atoms with van der Waals surface area (Å²) in [6.45, 7) is 2.84. The van der Waals surface area contributed by atoms with Crippen LogP contribution in [-0.2, 0) is 10.9 Å². The number of benzene rings is 1. The number of thiazole rings is 1. The standard InChI is InChI=1S/C19H21F3N2O2S/c1-12-17(27-11-23-12)18(25)26-10-14-4-3-9-24(2)16(14)13-5-7-15(8-6-13)19(20,21)22/h5-8,11,14,16H,3-4,9-10H2,1-2H3/t14-,16+/m0/s1. The highest BCUT2D eigenvalue weighted by Crippen LogP contribution is 2.37. The molecule has 146 valence electrons. The lowest BCUT2D eigenvalue weighted by Crippen LogP contribution is -2.38. The Morgan fingerprint density at radius 2 is 2.04 bits per heavy atom. The molecule has 1 aromatic heterocycles. The highest BCUT2D eigenvalue weighted by molar-refractivity contribution is 7.11. The smallest absolute Gasteiger partial charge is 0.416 e. The number of hydrogen-bond donors (Lipinski definition) is 0. The van der Waals surface area contributed by atoms with Gasteiger partial charge in [-0.15, -0.1) is 11.3 Å². The zero-order valence-corrected chi connectivity index (χ0v) is 15.9. The number of rotatable bonds is 4. The summed E-state index contributed by atoms with van der Waals surface area (Å²) in [5, 5.41) is 0. The fourth-order valence-electron chi connectivity index (χ4n) is 3.58. The van der Waals surface area contributed by atoms with Gasteiger partial charge in [0.1, 0.15) is 4.88 Å². The maximum atomic E-state index is 12.8. The van der Waals surface area contributed by atoms with E-state index in [0.29, 0.717) is 10.6 Å². The molecule has 2 aromatic rings. The van der Waals surface area contributed by atoms with Gasteiger partial charge in [-0.3, -0.25) is 4.90 Å². The number of halogens is 3. The van der Waals surface area contributed by atoms with E-state index < -0.39 is 17.7 Å². The molecule has 0 unspecified atom stereocenters. The van der Waals surface area contributed by atoms with Crippen molar-refractivity contribution < 1.29 is 22.7 Å². The van der Waals surface area contributed by atoms with Gasteiger partial charge < -0.3 is 4.74 Å². The van der Waals surface area contributed by atoms with Crippen molar-refractivity contribution in [1.29, 1.82) is 0 Å². The summed E-state index contributed by atoms with van der Waals surface area (Å²) >= 11 is 1.24. The van der Waals surface area contributed by atoms with Gasteiger partial charge in [-0.1, -0.05) is 12.1 Å². The van der Waals surface area contributed by atoms with Gasteiger partial charge in [0.05, 0.1) is 23.4 Å². The average molecular weight is 398 g/mol. The molecule has 4 nitrogen and oxygen atoms in total. The number of esters is 1. The van der Waals surface area contributed by atoms with Crippen molar-refractivity contribution in [3.63, 3.8) is 0 Å². The molecule has 0 aliphatic carbocycles.